The van der Waals surface area contributed by atoms with E-state index in [0.717, 1.165) is 55.4 Å². The van der Waals surface area contributed by atoms with Gasteiger partial charge in [-0.2, -0.15) is 0 Å². The molecule has 0 radical (unpaired) electrons. The van der Waals surface area contributed by atoms with Crippen molar-refractivity contribution in [1.29, 1.82) is 0 Å². The maximum atomic E-state index is 12.0. The number of benzene rings is 1. The largest absolute Gasteiger partial charge is 0.354 e. The Hall–Kier alpha value is -2.03. The molecule has 1 aromatic heterocycles. The predicted octanol–water partition coefficient (Wildman–Crippen LogP) is 5.56. The van der Waals surface area contributed by atoms with E-state index in [0.29, 0.717) is 6.04 Å². The van der Waals surface area contributed by atoms with Gasteiger partial charge in [0.25, 0.3) is 0 Å². The molecular formula is C30H42N4OS2. The lowest BCUT2D eigenvalue weighted by Crippen LogP contribution is -2.51. The highest BCUT2D eigenvalue weighted by Crippen LogP contribution is 2.36. The first kappa shape index (κ1) is 28.0. The van der Waals surface area contributed by atoms with Crippen molar-refractivity contribution in [3.05, 3.63) is 80.9 Å². The molecule has 1 aromatic carbocycles. The monoisotopic (exact) mass is 538 g/mol. The van der Waals surface area contributed by atoms with Crippen molar-refractivity contribution in [3.63, 3.8) is 0 Å². The molecule has 1 aliphatic carbocycles. The van der Waals surface area contributed by atoms with Gasteiger partial charge in [-0.05, 0) is 56.5 Å². The second-order valence-electron chi connectivity index (χ2n) is 10.2. The first-order valence-corrected chi connectivity index (χ1v) is 15.8. The van der Waals surface area contributed by atoms with Crippen LogP contribution in [0.25, 0.3) is 5.70 Å². The molecule has 1 aliphatic heterocycles. The van der Waals surface area contributed by atoms with Crippen LogP contribution < -0.4 is 11.1 Å². The Kier molecular flexibility index (Phi) is 9.96. The fourth-order valence-corrected chi connectivity index (χ4v) is 6.71. The van der Waals surface area contributed by atoms with Gasteiger partial charge in [0, 0.05) is 83.3 Å². The third-order valence-electron chi connectivity index (χ3n) is 7.51. The summed E-state index contributed by atoms with van der Waals surface area (Å²) in [5.41, 5.74) is 10.1. The van der Waals surface area contributed by atoms with E-state index in [1.54, 1.807) is 17.6 Å². The summed E-state index contributed by atoms with van der Waals surface area (Å²) in [6.07, 6.45) is 12.4. The smallest absolute Gasteiger partial charge is 0.0535 e. The maximum absolute atomic E-state index is 12.0. The first-order chi connectivity index (χ1) is 17.8. The molecule has 2 aliphatic rings. The highest BCUT2D eigenvalue weighted by atomic mass is 32.2. The summed E-state index contributed by atoms with van der Waals surface area (Å²) in [6.45, 7) is 11.9. The van der Waals surface area contributed by atoms with Crippen molar-refractivity contribution in [3.8, 4) is 0 Å². The van der Waals surface area contributed by atoms with Gasteiger partial charge < -0.3 is 11.1 Å². The Morgan fingerprint density at radius 3 is 2.68 bits per heavy atom. The van der Waals surface area contributed by atoms with Crippen LogP contribution in [0.5, 0.6) is 0 Å². The zero-order valence-corrected chi connectivity index (χ0v) is 24.3. The summed E-state index contributed by atoms with van der Waals surface area (Å²) in [5.74, 6) is 0.262. The van der Waals surface area contributed by atoms with E-state index < -0.39 is 10.8 Å². The Morgan fingerprint density at radius 2 is 1.97 bits per heavy atom. The van der Waals surface area contributed by atoms with Crippen LogP contribution in [0.3, 0.4) is 0 Å². The molecule has 7 heteroatoms. The van der Waals surface area contributed by atoms with E-state index in [9.17, 15) is 4.21 Å². The van der Waals surface area contributed by atoms with Gasteiger partial charge in [0.1, 0.15) is 0 Å². The van der Waals surface area contributed by atoms with E-state index >= 15 is 0 Å². The average Bonchev–Trinajstić information content (AvgIpc) is 3.40. The summed E-state index contributed by atoms with van der Waals surface area (Å²) in [6, 6.07) is 13.4. The van der Waals surface area contributed by atoms with E-state index in [1.165, 1.54) is 21.7 Å². The number of rotatable bonds is 10. The molecule has 0 spiro atoms. The molecule has 0 bridgehead atoms. The normalized spacial score (nSPS) is 21.9. The van der Waals surface area contributed by atoms with Crippen molar-refractivity contribution >= 4 is 33.5 Å². The van der Waals surface area contributed by atoms with Gasteiger partial charge in [-0.15, -0.1) is 11.3 Å². The maximum Gasteiger partial charge on any atom is 0.0535 e. The van der Waals surface area contributed by atoms with Crippen LogP contribution in [0.1, 0.15) is 47.9 Å². The van der Waals surface area contributed by atoms with Gasteiger partial charge in [0.2, 0.25) is 0 Å². The molecule has 1 fully saturated rings. The summed E-state index contributed by atoms with van der Waals surface area (Å²) < 4.78 is 12.0. The van der Waals surface area contributed by atoms with Crippen molar-refractivity contribution in [2.75, 3.05) is 44.3 Å². The molecular weight excluding hydrogens is 496 g/mol. The molecule has 4 rings (SSSR count). The highest BCUT2D eigenvalue weighted by molar-refractivity contribution is 7.88. The number of allylic oxidation sites excluding steroid dienone is 3. The number of hydrogen-bond acceptors (Lipinski definition) is 6. The van der Waals surface area contributed by atoms with E-state index in [-0.39, 0.29) is 12.0 Å². The van der Waals surface area contributed by atoms with Crippen LogP contribution in [-0.2, 0) is 10.8 Å². The van der Waals surface area contributed by atoms with Crippen LogP contribution in [0, 0.1) is 6.92 Å². The fraction of sp³-hybridized carbons (Fsp3) is 0.467. The molecule has 2 aromatic rings. The minimum atomic E-state index is -0.964. The molecule has 1 saturated heterocycles. The number of para-hydroxylation sites is 1. The Bertz CT molecular complexity index is 1160. The lowest BCUT2D eigenvalue weighted by molar-refractivity contribution is 0.0994. The van der Waals surface area contributed by atoms with Gasteiger partial charge in [-0.25, -0.2) is 0 Å². The van der Waals surface area contributed by atoms with Gasteiger partial charge in [-0.3, -0.25) is 14.0 Å². The summed E-state index contributed by atoms with van der Waals surface area (Å²) >= 11 is 1.80. The third-order valence-corrected chi connectivity index (χ3v) is 9.70. The lowest BCUT2D eigenvalue weighted by Gasteiger charge is -2.38. The van der Waals surface area contributed by atoms with Gasteiger partial charge in [0.15, 0.2) is 0 Å². The number of hydrogen-bond donors (Lipinski definition) is 2. The first-order valence-electron chi connectivity index (χ1n) is 13.4. The highest BCUT2D eigenvalue weighted by Gasteiger charge is 2.22. The average molecular weight is 539 g/mol. The predicted molar refractivity (Wildman–Crippen MR) is 161 cm³/mol. The second-order valence-corrected chi connectivity index (χ2v) is 12.7. The van der Waals surface area contributed by atoms with Crippen LogP contribution in [-0.4, -0.2) is 65.1 Å². The topological polar surface area (TPSA) is 61.6 Å². The SMILES string of the molecule is CCC(C)N1CCN(CC(N)/C=C(\Nc2ccccc2C)c2ccc(C3C=C(S(C)=O)C=CC3)s2)CC1. The Balaban J connectivity index is 1.52. The van der Waals surface area contributed by atoms with Crippen molar-refractivity contribution in [2.24, 2.45) is 5.73 Å². The summed E-state index contributed by atoms with van der Waals surface area (Å²) in [4.78, 5) is 8.46. The Labute approximate surface area is 229 Å². The van der Waals surface area contributed by atoms with Gasteiger partial charge in [0.05, 0.1) is 10.6 Å². The molecule has 3 N–H and O–H groups in total. The van der Waals surface area contributed by atoms with Crippen molar-refractivity contribution in [2.45, 2.75) is 51.6 Å². The van der Waals surface area contributed by atoms with Crippen molar-refractivity contribution < 1.29 is 4.21 Å². The number of aryl methyl sites for hydroxylation is 1. The zero-order chi connectivity index (χ0) is 26.4. The van der Waals surface area contributed by atoms with Gasteiger partial charge >= 0.3 is 0 Å². The van der Waals surface area contributed by atoms with Crippen LogP contribution in [0.4, 0.5) is 5.69 Å². The second kappa shape index (κ2) is 13.2. The molecule has 2 heterocycles. The van der Waals surface area contributed by atoms with Crippen LogP contribution >= 0.6 is 11.3 Å². The standard InChI is InChI=1S/C30H42N4OS2/c1-5-23(3)34-17-15-33(16-18-34)21-25(31)20-28(32-27-12-7-6-9-22(27)2)30-14-13-29(36-30)24-10-8-11-26(19-24)37(4)35/h6-9,11-14,19-20,23-25,32H,5,10,15-18,21,31H2,1-4H3/b28-20-. The van der Waals surface area contributed by atoms with Crippen molar-refractivity contribution in [1.82, 2.24) is 9.80 Å². The number of nitrogens with two attached hydrogens (primary N) is 1. The van der Waals surface area contributed by atoms with E-state index in [1.807, 2.05) is 6.08 Å². The van der Waals surface area contributed by atoms with Gasteiger partial charge in [-0.1, -0.05) is 43.4 Å². The molecule has 0 saturated carbocycles. The molecule has 37 heavy (non-hydrogen) atoms. The molecule has 200 valence electrons. The molecule has 4 unspecified atom stereocenters. The van der Waals surface area contributed by atoms with E-state index in [2.05, 4.69) is 90.5 Å². The third kappa shape index (κ3) is 7.52. The quantitative estimate of drug-likeness (QED) is 0.415. The fourth-order valence-electron chi connectivity index (χ4n) is 4.99. The summed E-state index contributed by atoms with van der Waals surface area (Å²) in [7, 11) is -0.964. The van der Waals surface area contributed by atoms with Crippen LogP contribution in [0.2, 0.25) is 0 Å². The Morgan fingerprint density at radius 1 is 1.22 bits per heavy atom. The van der Waals surface area contributed by atoms with E-state index in [4.69, 9.17) is 5.73 Å². The minimum Gasteiger partial charge on any atom is -0.354 e. The number of anilines is 1. The number of nitrogens with one attached hydrogen (secondary N) is 1. The zero-order valence-electron chi connectivity index (χ0n) is 22.7. The molecule has 5 nitrogen and oxygen atoms in total. The van der Waals surface area contributed by atoms with Crippen LogP contribution in [0.15, 0.2) is 65.6 Å². The minimum absolute atomic E-state index is 0.0705. The molecule has 0 amide bonds. The summed E-state index contributed by atoms with van der Waals surface area (Å²) in [5, 5.41) is 3.69. The molecule has 4 atom stereocenters. The number of piperazine rings is 1. The lowest BCUT2D eigenvalue weighted by atomic mass is 9.99. The number of nitrogens with zero attached hydrogens (tertiary/aromatic N) is 2. The number of thiophene rings is 1.